The molecule has 0 aliphatic heterocycles. The highest BCUT2D eigenvalue weighted by Gasteiger charge is 2.37. The van der Waals surface area contributed by atoms with Crippen LogP contribution in [0.5, 0.6) is 0 Å². The van der Waals surface area contributed by atoms with Gasteiger partial charge in [-0.2, -0.15) is 13.2 Å². The fraction of sp³-hybridized carbons (Fsp3) is 0.571. The predicted molar refractivity (Wildman–Crippen MR) is 35.6 cm³/mol. The van der Waals surface area contributed by atoms with Gasteiger partial charge < -0.3 is 4.42 Å². The third-order valence-corrected chi connectivity index (χ3v) is 1.36. The van der Waals surface area contributed by atoms with Gasteiger partial charge in [0.1, 0.15) is 6.26 Å². The molecular weight excluding hydrogens is 171 g/mol. The topological polar surface area (TPSA) is 26.0 Å². The van der Waals surface area contributed by atoms with Crippen LogP contribution in [-0.2, 0) is 6.18 Å². The Balaban J connectivity index is 2.92. The van der Waals surface area contributed by atoms with E-state index in [1.165, 1.54) is 0 Å². The Labute approximate surface area is 67.4 Å². The van der Waals surface area contributed by atoms with Crippen LogP contribution in [-0.4, -0.2) is 4.98 Å². The van der Waals surface area contributed by atoms with Crippen molar-refractivity contribution in [2.24, 2.45) is 0 Å². The van der Waals surface area contributed by atoms with E-state index >= 15 is 0 Å². The first-order valence-corrected chi connectivity index (χ1v) is 3.44. The monoisotopic (exact) mass is 179 g/mol. The highest BCUT2D eigenvalue weighted by Crippen LogP contribution is 2.29. The second kappa shape index (κ2) is 2.80. The van der Waals surface area contributed by atoms with Crippen molar-refractivity contribution in [2.45, 2.75) is 25.9 Å². The molecule has 2 nitrogen and oxygen atoms in total. The molecule has 1 rings (SSSR count). The fourth-order valence-corrected chi connectivity index (χ4v) is 0.682. The van der Waals surface area contributed by atoms with Crippen LogP contribution < -0.4 is 0 Å². The molecule has 0 fully saturated rings. The molecule has 1 aromatic heterocycles. The Morgan fingerprint density at radius 2 is 2.00 bits per heavy atom. The van der Waals surface area contributed by atoms with Crippen LogP contribution in [0.25, 0.3) is 0 Å². The molecular formula is C7H8F3NO. The summed E-state index contributed by atoms with van der Waals surface area (Å²) in [5.41, 5.74) is 0.322. The summed E-state index contributed by atoms with van der Waals surface area (Å²) < 4.78 is 40.0. The Kier molecular flexibility index (Phi) is 2.12. The maximum atomic E-state index is 11.9. The van der Waals surface area contributed by atoms with Crippen LogP contribution in [0, 0.1) is 0 Å². The van der Waals surface area contributed by atoms with E-state index in [1.807, 2.05) is 0 Å². The second-order valence-electron chi connectivity index (χ2n) is 2.73. The Morgan fingerprint density at radius 1 is 1.42 bits per heavy atom. The molecule has 0 aliphatic rings. The Morgan fingerprint density at radius 3 is 2.25 bits per heavy atom. The lowest BCUT2D eigenvalue weighted by Crippen LogP contribution is -2.05. The summed E-state index contributed by atoms with van der Waals surface area (Å²) >= 11 is 0. The van der Waals surface area contributed by atoms with Gasteiger partial charge in [-0.05, 0) is 5.92 Å². The van der Waals surface area contributed by atoms with Crippen molar-refractivity contribution in [2.75, 3.05) is 0 Å². The van der Waals surface area contributed by atoms with Crippen LogP contribution in [0.2, 0.25) is 0 Å². The average molecular weight is 179 g/mol. The van der Waals surface area contributed by atoms with Crippen molar-refractivity contribution in [3.05, 3.63) is 17.8 Å². The summed E-state index contributed by atoms with van der Waals surface area (Å²) in [6, 6.07) is 0. The van der Waals surface area contributed by atoms with Crippen LogP contribution in [0.4, 0.5) is 13.2 Å². The summed E-state index contributed by atoms with van der Waals surface area (Å²) in [6.07, 6.45) is -3.44. The van der Waals surface area contributed by atoms with Gasteiger partial charge in [-0.3, -0.25) is 0 Å². The quantitative estimate of drug-likeness (QED) is 0.662. The molecule has 0 bridgehead atoms. The van der Waals surface area contributed by atoms with E-state index < -0.39 is 12.1 Å². The van der Waals surface area contributed by atoms with Gasteiger partial charge in [0.25, 0.3) is 0 Å². The van der Waals surface area contributed by atoms with Gasteiger partial charge >= 0.3 is 12.1 Å². The summed E-state index contributed by atoms with van der Waals surface area (Å²) in [5, 5.41) is 0. The lowest BCUT2D eigenvalue weighted by molar-refractivity contribution is -0.157. The van der Waals surface area contributed by atoms with Crippen molar-refractivity contribution < 1.29 is 17.6 Å². The van der Waals surface area contributed by atoms with Crippen molar-refractivity contribution in [1.29, 1.82) is 0 Å². The third-order valence-electron chi connectivity index (χ3n) is 1.36. The Bertz CT molecular complexity index is 264. The molecule has 68 valence electrons. The van der Waals surface area contributed by atoms with E-state index in [0.717, 1.165) is 6.26 Å². The summed E-state index contributed by atoms with van der Waals surface area (Å²) in [6.45, 7) is 3.50. The zero-order chi connectivity index (χ0) is 9.35. The zero-order valence-electron chi connectivity index (χ0n) is 6.64. The molecule has 0 atom stereocenters. The van der Waals surface area contributed by atoms with Crippen molar-refractivity contribution in [3.8, 4) is 0 Å². The van der Waals surface area contributed by atoms with Gasteiger partial charge in [-0.1, -0.05) is 13.8 Å². The van der Waals surface area contributed by atoms with Crippen LogP contribution in [0.15, 0.2) is 10.7 Å². The lowest BCUT2D eigenvalue weighted by Gasteiger charge is -1.98. The summed E-state index contributed by atoms with van der Waals surface area (Å²) in [4.78, 5) is 3.29. The van der Waals surface area contributed by atoms with Gasteiger partial charge in [-0.25, -0.2) is 4.98 Å². The van der Waals surface area contributed by atoms with Crippen molar-refractivity contribution >= 4 is 0 Å². The standard InChI is InChI=1S/C7H8F3NO/c1-4(2)5-3-12-6(11-5)7(8,9)10/h3-4H,1-2H3. The molecule has 0 saturated carbocycles. The number of hydrogen-bond donors (Lipinski definition) is 0. The van der Waals surface area contributed by atoms with Gasteiger partial charge in [0.2, 0.25) is 0 Å². The van der Waals surface area contributed by atoms with E-state index in [2.05, 4.69) is 9.40 Å². The molecule has 1 aromatic rings. The van der Waals surface area contributed by atoms with Crippen LogP contribution in [0.1, 0.15) is 31.4 Å². The molecule has 0 N–H and O–H groups in total. The van der Waals surface area contributed by atoms with Gasteiger partial charge in [0.05, 0.1) is 5.69 Å². The molecule has 0 aliphatic carbocycles. The van der Waals surface area contributed by atoms with E-state index in [-0.39, 0.29) is 5.92 Å². The number of rotatable bonds is 1. The van der Waals surface area contributed by atoms with Gasteiger partial charge in [0.15, 0.2) is 0 Å². The number of halogens is 3. The number of alkyl halides is 3. The molecule has 1 heterocycles. The minimum absolute atomic E-state index is 0.0511. The maximum Gasteiger partial charge on any atom is 0.468 e. The molecule has 5 heteroatoms. The number of hydrogen-bond acceptors (Lipinski definition) is 2. The first-order chi connectivity index (χ1) is 5.41. The maximum absolute atomic E-state index is 11.9. The minimum atomic E-state index is -4.48. The molecule has 0 amide bonds. The highest BCUT2D eigenvalue weighted by atomic mass is 19.4. The minimum Gasteiger partial charge on any atom is -0.441 e. The number of oxazole rings is 1. The van der Waals surface area contributed by atoms with E-state index in [9.17, 15) is 13.2 Å². The van der Waals surface area contributed by atoms with E-state index in [0.29, 0.717) is 5.69 Å². The van der Waals surface area contributed by atoms with Gasteiger partial charge in [-0.15, -0.1) is 0 Å². The predicted octanol–water partition coefficient (Wildman–Crippen LogP) is 2.82. The van der Waals surface area contributed by atoms with Gasteiger partial charge in [0, 0.05) is 0 Å². The number of aromatic nitrogens is 1. The molecule has 0 unspecified atom stereocenters. The van der Waals surface area contributed by atoms with E-state index in [1.54, 1.807) is 13.8 Å². The fourth-order valence-electron chi connectivity index (χ4n) is 0.682. The highest BCUT2D eigenvalue weighted by molar-refractivity contribution is 5.02. The first kappa shape index (κ1) is 9.09. The van der Waals surface area contributed by atoms with Crippen molar-refractivity contribution in [1.82, 2.24) is 4.98 Å². The number of nitrogens with zero attached hydrogens (tertiary/aromatic N) is 1. The molecule has 12 heavy (non-hydrogen) atoms. The summed E-state index contributed by atoms with van der Waals surface area (Å²) in [5.74, 6) is -1.23. The van der Waals surface area contributed by atoms with E-state index in [4.69, 9.17) is 0 Å². The Hall–Kier alpha value is -1.00. The molecule has 0 saturated heterocycles. The third kappa shape index (κ3) is 1.78. The molecule has 0 aromatic carbocycles. The smallest absolute Gasteiger partial charge is 0.441 e. The summed E-state index contributed by atoms with van der Waals surface area (Å²) in [7, 11) is 0. The SMILES string of the molecule is CC(C)c1coc(C(F)(F)F)n1. The van der Waals surface area contributed by atoms with Crippen LogP contribution >= 0.6 is 0 Å². The molecule has 0 radical (unpaired) electrons. The zero-order valence-corrected chi connectivity index (χ0v) is 6.64. The second-order valence-corrected chi connectivity index (χ2v) is 2.73. The largest absolute Gasteiger partial charge is 0.468 e. The van der Waals surface area contributed by atoms with Crippen LogP contribution in [0.3, 0.4) is 0 Å². The normalized spacial score (nSPS) is 12.5. The lowest BCUT2D eigenvalue weighted by atomic mass is 10.2. The molecule has 0 spiro atoms. The van der Waals surface area contributed by atoms with Crippen molar-refractivity contribution in [3.63, 3.8) is 0 Å². The average Bonchev–Trinajstić information content (AvgIpc) is 2.30. The first-order valence-electron chi connectivity index (χ1n) is 3.44.